The van der Waals surface area contributed by atoms with Crippen molar-refractivity contribution in [1.29, 1.82) is 0 Å². The molecule has 1 aromatic rings. The molecule has 30 heavy (non-hydrogen) atoms. The smallest absolute Gasteiger partial charge is 0.273 e. The molecule has 0 radical (unpaired) electrons. The first-order chi connectivity index (χ1) is 14.3. The quantitative estimate of drug-likeness (QED) is 0.792. The van der Waals surface area contributed by atoms with E-state index in [2.05, 4.69) is 24.1 Å². The molecule has 2 atom stereocenters. The maximum absolute atomic E-state index is 13.4. The highest BCUT2D eigenvalue weighted by atomic mass is 32.1. The van der Waals surface area contributed by atoms with Crippen molar-refractivity contribution in [2.24, 2.45) is 22.7 Å². The summed E-state index contributed by atoms with van der Waals surface area (Å²) in [6, 6.07) is 0. The zero-order chi connectivity index (χ0) is 21.5. The average molecular weight is 433 g/mol. The van der Waals surface area contributed by atoms with E-state index in [-0.39, 0.29) is 29.1 Å². The average Bonchev–Trinajstić information content (AvgIpc) is 3.44. The van der Waals surface area contributed by atoms with Crippen molar-refractivity contribution in [2.45, 2.75) is 46.5 Å². The molecule has 3 fully saturated rings. The Labute approximate surface area is 182 Å². The van der Waals surface area contributed by atoms with E-state index in [1.54, 1.807) is 17.8 Å². The summed E-state index contributed by atoms with van der Waals surface area (Å²) in [7, 11) is 0. The molecule has 7 nitrogen and oxygen atoms in total. The Morgan fingerprint density at radius 1 is 1.20 bits per heavy atom. The van der Waals surface area contributed by atoms with E-state index in [4.69, 9.17) is 0 Å². The van der Waals surface area contributed by atoms with Crippen molar-refractivity contribution in [3.63, 3.8) is 0 Å². The molecule has 1 aliphatic carbocycles. The topological polar surface area (TPSA) is 82.6 Å². The van der Waals surface area contributed by atoms with Crippen LogP contribution in [0.3, 0.4) is 0 Å². The van der Waals surface area contributed by atoms with Gasteiger partial charge in [-0.15, -0.1) is 11.3 Å². The molecule has 1 saturated carbocycles. The second-order valence-corrected chi connectivity index (χ2v) is 10.5. The van der Waals surface area contributed by atoms with Gasteiger partial charge in [0.2, 0.25) is 11.8 Å². The van der Waals surface area contributed by atoms with Crippen LogP contribution >= 0.6 is 11.3 Å². The van der Waals surface area contributed by atoms with Crippen LogP contribution in [0.15, 0.2) is 10.9 Å². The van der Waals surface area contributed by atoms with Crippen LogP contribution in [0, 0.1) is 22.7 Å². The standard InChI is InChI=1S/C22H32N4O3S/c1-15(2)10-23-20(29)22-5-4-21(18(22)11-26(13-22)16(3)27)6-8-25(9-7-21)19(28)17-12-30-14-24-17/h12,14-15,18H,4-11,13H2,1-3H3,(H,23,29)/t18-,22+/m0/s1. The predicted molar refractivity (Wildman–Crippen MR) is 115 cm³/mol. The highest BCUT2D eigenvalue weighted by Gasteiger charge is 2.64. The van der Waals surface area contributed by atoms with Gasteiger partial charge >= 0.3 is 0 Å². The summed E-state index contributed by atoms with van der Waals surface area (Å²) in [5.41, 5.74) is 1.75. The van der Waals surface area contributed by atoms with E-state index >= 15 is 0 Å². The van der Waals surface area contributed by atoms with E-state index in [9.17, 15) is 14.4 Å². The zero-order valence-electron chi connectivity index (χ0n) is 18.1. The first-order valence-corrected chi connectivity index (χ1v) is 11.9. The number of piperidine rings is 1. The van der Waals surface area contributed by atoms with E-state index in [0.717, 1.165) is 25.7 Å². The van der Waals surface area contributed by atoms with Crippen molar-refractivity contribution in [3.05, 3.63) is 16.6 Å². The molecule has 164 valence electrons. The van der Waals surface area contributed by atoms with Crippen molar-refractivity contribution < 1.29 is 14.4 Å². The third-order valence-corrected chi connectivity index (χ3v) is 8.20. The Kier molecular flexibility index (Phi) is 5.64. The molecule has 4 rings (SSSR count). The lowest BCUT2D eigenvalue weighted by atomic mass is 9.65. The van der Waals surface area contributed by atoms with Crippen LogP contribution < -0.4 is 5.32 Å². The molecular weight excluding hydrogens is 400 g/mol. The van der Waals surface area contributed by atoms with Crippen molar-refractivity contribution in [2.75, 3.05) is 32.7 Å². The summed E-state index contributed by atoms with van der Waals surface area (Å²) in [4.78, 5) is 46.2. The number of nitrogens with one attached hydrogen (secondary N) is 1. The van der Waals surface area contributed by atoms with Crippen molar-refractivity contribution in [3.8, 4) is 0 Å². The van der Waals surface area contributed by atoms with Gasteiger partial charge in [-0.05, 0) is 42.9 Å². The zero-order valence-corrected chi connectivity index (χ0v) is 19.0. The van der Waals surface area contributed by atoms with E-state index in [1.807, 2.05) is 9.80 Å². The number of nitrogens with zero attached hydrogens (tertiary/aromatic N) is 3. The summed E-state index contributed by atoms with van der Waals surface area (Å²) in [6.45, 7) is 9.02. The number of carbonyl (C=O) groups is 3. The molecule has 3 aliphatic rings. The summed E-state index contributed by atoms with van der Waals surface area (Å²) >= 11 is 1.43. The largest absolute Gasteiger partial charge is 0.355 e. The number of amides is 3. The lowest BCUT2D eigenvalue weighted by Crippen LogP contribution is -2.50. The normalized spacial score (nSPS) is 27.5. The van der Waals surface area contributed by atoms with Crippen molar-refractivity contribution in [1.82, 2.24) is 20.1 Å². The molecule has 0 unspecified atom stereocenters. The minimum Gasteiger partial charge on any atom is -0.355 e. The minimum absolute atomic E-state index is 0.00169. The third kappa shape index (κ3) is 3.53. The number of rotatable bonds is 4. The molecule has 2 aliphatic heterocycles. The van der Waals surface area contributed by atoms with Crippen LogP contribution in [-0.2, 0) is 9.59 Å². The van der Waals surface area contributed by atoms with Gasteiger partial charge in [0, 0.05) is 45.0 Å². The molecular formula is C22H32N4O3S. The summed E-state index contributed by atoms with van der Waals surface area (Å²) in [6.07, 6.45) is 3.60. The third-order valence-electron chi connectivity index (χ3n) is 7.62. The fraction of sp³-hybridized carbons (Fsp3) is 0.727. The molecule has 3 heterocycles. The number of likely N-dealkylation sites (tertiary alicyclic amines) is 2. The fourth-order valence-electron chi connectivity index (χ4n) is 5.88. The van der Waals surface area contributed by atoms with Gasteiger partial charge in [0.05, 0.1) is 10.9 Å². The lowest BCUT2D eigenvalue weighted by molar-refractivity contribution is -0.133. The van der Waals surface area contributed by atoms with Gasteiger partial charge in [-0.2, -0.15) is 0 Å². The SMILES string of the molecule is CC(=O)N1C[C@H]2C3(CCN(C(=O)c4cscn4)CC3)CC[C@@]2(C(=O)NCC(C)C)C1. The summed E-state index contributed by atoms with van der Waals surface area (Å²) < 4.78 is 0. The second-order valence-electron chi connectivity index (χ2n) is 9.74. The minimum atomic E-state index is -0.484. The Hall–Kier alpha value is -1.96. The number of hydrogen-bond acceptors (Lipinski definition) is 5. The molecule has 0 bridgehead atoms. The highest BCUT2D eigenvalue weighted by Crippen LogP contribution is 2.62. The molecule has 2 saturated heterocycles. The van der Waals surface area contributed by atoms with Gasteiger partial charge in [0.25, 0.3) is 5.91 Å². The first kappa shape index (κ1) is 21.3. The molecule has 8 heteroatoms. The molecule has 1 aromatic heterocycles. The van der Waals surface area contributed by atoms with Crippen molar-refractivity contribution >= 4 is 29.1 Å². The fourth-order valence-corrected chi connectivity index (χ4v) is 6.41. The van der Waals surface area contributed by atoms with E-state index in [0.29, 0.717) is 44.3 Å². The van der Waals surface area contributed by atoms with Gasteiger partial charge in [0.1, 0.15) is 5.69 Å². The summed E-state index contributed by atoms with van der Waals surface area (Å²) in [5, 5.41) is 4.96. The number of hydrogen-bond donors (Lipinski definition) is 1. The maximum Gasteiger partial charge on any atom is 0.273 e. The van der Waals surface area contributed by atoms with Gasteiger partial charge < -0.3 is 15.1 Å². The van der Waals surface area contributed by atoms with Crippen LogP contribution in [0.2, 0.25) is 0 Å². The van der Waals surface area contributed by atoms with Gasteiger partial charge in [-0.25, -0.2) is 4.98 Å². The van der Waals surface area contributed by atoms with Gasteiger partial charge in [-0.1, -0.05) is 13.8 Å². The van der Waals surface area contributed by atoms with Crippen LogP contribution in [0.1, 0.15) is 56.9 Å². The predicted octanol–water partition coefficient (Wildman–Crippen LogP) is 2.40. The highest BCUT2D eigenvalue weighted by molar-refractivity contribution is 7.07. The number of aromatic nitrogens is 1. The summed E-state index contributed by atoms with van der Waals surface area (Å²) in [5.74, 6) is 0.721. The molecule has 1 spiro atoms. The monoisotopic (exact) mass is 432 g/mol. The number of carbonyl (C=O) groups excluding carboxylic acids is 3. The lowest BCUT2D eigenvalue weighted by Gasteiger charge is -2.44. The van der Waals surface area contributed by atoms with Crippen LogP contribution in [0.5, 0.6) is 0 Å². The van der Waals surface area contributed by atoms with Crippen LogP contribution in [0.25, 0.3) is 0 Å². The number of thiazole rings is 1. The second kappa shape index (κ2) is 7.94. The van der Waals surface area contributed by atoms with Crippen LogP contribution in [0.4, 0.5) is 0 Å². The number of fused-ring (bicyclic) bond motifs is 2. The molecule has 1 N–H and O–H groups in total. The van der Waals surface area contributed by atoms with Crippen LogP contribution in [-0.4, -0.2) is 65.2 Å². The van der Waals surface area contributed by atoms with E-state index in [1.165, 1.54) is 11.3 Å². The van der Waals surface area contributed by atoms with Gasteiger partial charge in [-0.3, -0.25) is 14.4 Å². The van der Waals surface area contributed by atoms with Gasteiger partial charge in [0.15, 0.2) is 0 Å². The molecule has 3 amide bonds. The first-order valence-electron chi connectivity index (χ1n) is 11.0. The maximum atomic E-state index is 13.4. The Balaban J connectivity index is 1.52. The molecule has 0 aromatic carbocycles. The Bertz CT molecular complexity index is 816. The van der Waals surface area contributed by atoms with E-state index < -0.39 is 5.41 Å². The Morgan fingerprint density at radius 3 is 2.53 bits per heavy atom. The Morgan fingerprint density at radius 2 is 1.93 bits per heavy atom.